The van der Waals surface area contributed by atoms with Gasteiger partial charge in [-0.2, -0.15) is 0 Å². The maximum Gasteiger partial charge on any atom is 0.195 e. The second-order valence-electron chi connectivity index (χ2n) is 9.59. The Morgan fingerprint density at radius 2 is 1.86 bits per heavy atom. The number of carbonyl (C=O) groups is 1. The van der Waals surface area contributed by atoms with Crippen LogP contribution in [0.25, 0.3) is 10.9 Å². The molecule has 3 aromatic rings. The first-order valence-corrected chi connectivity index (χ1v) is 14.9. The molecule has 0 radical (unpaired) electrons. The summed E-state index contributed by atoms with van der Waals surface area (Å²) in [7, 11) is 0. The Hall–Kier alpha value is -2.29. The smallest absolute Gasteiger partial charge is 0.195 e. The predicted molar refractivity (Wildman–Crippen MR) is 158 cm³/mol. The third-order valence-electron chi connectivity index (χ3n) is 7.11. The van der Waals surface area contributed by atoms with Gasteiger partial charge in [0.1, 0.15) is 16.5 Å². The molecule has 2 heterocycles. The molecule has 0 unspecified atom stereocenters. The third-order valence-corrected chi connectivity index (χ3v) is 7.68. The zero-order valence-corrected chi connectivity index (χ0v) is 23.8. The molecule has 2 aliphatic rings. The molecule has 1 aromatic heterocycles. The fourth-order valence-corrected chi connectivity index (χ4v) is 5.83. The van der Waals surface area contributed by atoms with Crippen molar-refractivity contribution in [2.24, 2.45) is 0 Å². The van der Waals surface area contributed by atoms with E-state index in [2.05, 4.69) is 32.1 Å². The van der Waals surface area contributed by atoms with Crippen LogP contribution in [0.1, 0.15) is 48.0 Å². The van der Waals surface area contributed by atoms with Gasteiger partial charge in [0, 0.05) is 53.8 Å². The molecule has 5 rings (SSSR count). The van der Waals surface area contributed by atoms with Crippen molar-refractivity contribution in [1.29, 1.82) is 0 Å². The van der Waals surface area contributed by atoms with Crippen molar-refractivity contribution < 1.29 is 14.3 Å². The first-order valence-electron chi connectivity index (χ1n) is 13.0. The Kier molecular flexibility index (Phi) is 8.89. The Morgan fingerprint density at radius 3 is 2.62 bits per heavy atom. The summed E-state index contributed by atoms with van der Waals surface area (Å²) in [6.45, 7) is 3.92. The Bertz CT molecular complexity index is 1290. The van der Waals surface area contributed by atoms with Gasteiger partial charge in [-0.3, -0.25) is 4.79 Å². The van der Waals surface area contributed by atoms with Crippen LogP contribution in [0.2, 0.25) is 0 Å². The number of aryl methyl sites for hydroxylation is 1. The summed E-state index contributed by atoms with van der Waals surface area (Å²) in [6.07, 6.45) is 11.3. The standard InChI is InChI=1S/C30H32ClIN2O3/c31-23-9-4-10-25(19-23)37-24-13-17-33(18-14-24)15-6-16-34-20-27(30(35)22-7-2-1-3-8-22)26-11-5-12-28(29(26)34)36-21-32/h1-3,5,7-9,11-12,19-20,24H,4,6,10,13-18,21H2. The van der Waals surface area contributed by atoms with E-state index in [1.54, 1.807) is 0 Å². The lowest BCUT2D eigenvalue weighted by Crippen LogP contribution is -2.37. The molecular formula is C30H32ClIN2O3. The topological polar surface area (TPSA) is 43.7 Å². The van der Waals surface area contributed by atoms with E-state index in [0.29, 0.717) is 10.2 Å². The number of halogens is 2. The van der Waals surface area contributed by atoms with Gasteiger partial charge in [0.15, 0.2) is 5.78 Å². The number of ketones is 1. The number of benzene rings is 2. The Labute approximate surface area is 237 Å². The van der Waals surface area contributed by atoms with E-state index in [0.717, 1.165) is 91.3 Å². The molecule has 0 saturated carbocycles. The number of carbonyl (C=O) groups excluding carboxylic acids is 1. The lowest BCUT2D eigenvalue weighted by atomic mass is 10.0. The molecular weight excluding hydrogens is 599 g/mol. The van der Waals surface area contributed by atoms with Crippen molar-refractivity contribution in [1.82, 2.24) is 9.47 Å². The number of hydrogen-bond donors (Lipinski definition) is 0. The number of hydrogen-bond acceptors (Lipinski definition) is 4. The maximum absolute atomic E-state index is 13.4. The predicted octanol–water partition coefficient (Wildman–Crippen LogP) is 7.32. The Balaban J connectivity index is 1.23. The number of alkyl halides is 1. The quantitative estimate of drug-likeness (QED) is 0.134. The number of nitrogens with zero attached hydrogens (tertiary/aromatic N) is 2. The van der Waals surface area contributed by atoms with Crippen LogP contribution >= 0.6 is 34.2 Å². The number of allylic oxidation sites excluding steroid dienone is 4. The molecule has 1 fully saturated rings. The van der Waals surface area contributed by atoms with E-state index >= 15 is 0 Å². The van der Waals surface area contributed by atoms with E-state index < -0.39 is 0 Å². The van der Waals surface area contributed by atoms with Crippen molar-refractivity contribution in [3.8, 4) is 5.75 Å². The van der Waals surface area contributed by atoms with E-state index in [1.165, 1.54) is 0 Å². The zero-order chi connectivity index (χ0) is 25.6. The van der Waals surface area contributed by atoms with Crippen molar-refractivity contribution in [2.75, 3.05) is 24.2 Å². The zero-order valence-electron chi connectivity index (χ0n) is 20.9. The SMILES string of the molecule is O=C(c1ccccc1)c1cn(CCCN2CCC(OC3=CC(Cl)=CCC3)CC2)c2c(OCI)cccc12. The third kappa shape index (κ3) is 6.41. The Morgan fingerprint density at radius 1 is 1.05 bits per heavy atom. The van der Waals surface area contributed by atoms with Crippen LogP contribution in [0.5, 0.6) is 5.75 Å². The fraction of sp³-hybridized carbons (Fsp3) is 0.367. The average molecular weight is 631 g/mol. The molecule has 37 heavy (non-hydrogen) atoms. The highest BCUT2D eigenvalue weighted by Gasteiger charge is 2.22. The molecule has 0 N–H and O–H groups in total. The average Bonchev–Trinajstić information content (AvgIpc) is 3.29. The molecule has 194 valence electrons. The van der Waals surface area contributed by atoms with Gasteiger partial charge in [0.05, 0.1) is 11.3 Å². The first-order chi connectivity index (χ1) is 18.1. The summed E-state index contributed by atoms with van der Waals surface area (Å²) >= 11 is 8.36. The molecule has 0 amide bonds. The van der Waals surface area contributed by atoms with E-state index in [-0.39, 0.29) is 11.9 Å². The first kappa shape index (κ1) is 26.3. The van der Waals surface area contributed by atoms with Crippen LogP contribution in [-0.2, 0) is 11.3 Å². The lowest BCUT2D eigenvalue weighted by Gasteiger charge is -2.33. The molecule has 2 aromatic carbocycles. The number of para-hydroxylation sites is 1. The lowest BCUT2D eigenvalue weighted by molar-refractivity contribution is 0.0456. The molecule has 1 saturated heterocycles. The van der Waals surface area contributed by atoms with Gasteiger partial charge in [-0.25, -0.2) is 0 Å². The van der Waals surface area contributed by atoms with E-state index in [4.69, 9.17) is 21.1 Å². The number of piperidine rings is 1. The minimum atomic E-state index is 0.0444. The van der Waals surface area contributed by atoms with Crippen molar-refractivity contribution in [3.05, 3.63) is 88.8 Å². The van der Waals surface area contributed by atoms with Crippen LogP contribution in [0.3, 0.4) is 0 Å². The van der Waals surface area contributed by atoms with Crippen LogP contribution in [-0.4, -0.2) is 45.6 Å². The highest BCUT2D eigenvalue weighted by molar-refractivity contribution is 14.1. The minimum absolute atomic E-state index is 0.0444. The van der Waals surface area contributed by atoms with Crippen molar-refractivity contribution in [3.63, 3.8) is 0 Å². The molecule has 0 bridgehead atoms. The summed E-state index contributed by atoms with van der Waals surface area (Å²) in [5.74, 6) is 1.89. The number of likely N-dealkylation sites (tertiary alicyclic amines) is 1. The molecule has 1 aliphatic heterocycles. The van der Waals surface area contributed by atoms with Gasteiger partial charge in [-0.05, 0) is 67.0 Å². The van der Waals surface area contributed by atoms with Gasteiger partial charge in [-0.1, -0.05) is 60.1 Å². The van der Waals surface area contributed by atoms with Gasteiger partial charge < -0.3 is 18.9 Å². The number of ether oxygens (including phenoxy) is 2. The molecule has 7 heteroatoms. The second-order valence-corrected chi connectivity index (χ2v) is 10.6. The van der Waals surface area contributed by atoms with Crippen LogP contribution in [0.15, 0.2) is 77.7 Å². The summed E-state index contributed by atoms with van der Waals surface area (Å²) in [4.78, 5) is 15.9. The molecule has 0 spiro atoms. The minimum Gasteiger partial charge on any atom is -0.495 e. The number of fused-ring (bicyclic) bond motifs is 1. The molecule has 5 nitrogen and oxygen atoms in total. The number of aromatic nitrogens is 1. The summed E-state index contributed by atoms with van der Waals surface area (Å²) in [6, 6.07) is 15.5. The normalized spacial score (nSPS) is 16.9. The van der Waals surface area contributed by atoms with Crippen molar-refractivity contribution in [2.45, 2.75) is 44.8 Å². The largest absolute Gasteiger partial charge is 0.495 e. The van der Waals surface area contributed by atoms with Gasteiger partial charge in [-0.15, -0.1) is 0 Å². The fourth-order valence-electron chi connectivity index (χ4n) is 5.26. The van der Waals surface area contributed by atoms with Crippen LogP contribution in [0.4, 0.5) is 0 Å². The van der Waals surface area contributed by atoms with Gasteiger partial charge >= 0.3 is 0 Å². The highest BCUT2D eigenvalue weighted by atomic mass is 127. The summed E-state index contributed by atoms with van der Waals surface area (Å²) in [5, 5.41) is 1.73. The summed E-state index contributed by atoms with van der Waals surface area (Å²) in [5.41, 5.74) is 2.43. The second kappa shape index (κ2) is 12.5. The monoisotopic (exact) mass is 630 g/mol. The number of rotatable bonds is 10. The molecule has 0 atom stereocenters. The van der Waals surface area contributed by atoms with E-state index in [9.17, 15) is 4.79 Å². The van der Waals surface area contributed by atoms with Crippen LogP contribution in [0, 0.1) is 0 Å². The van der Waals surface area contributed by atoms with Crippen molar-refractivity contribution >= 4 is 50.9 Å². The van der Waals surface area contributed by atoms with Gasteiger partial charge in [0.25, 0.3) is 0 Å². The van der Waals surface area contributed by atoms with E-state index in [1.807, 2.05) is 66.9 Å². The summed E-state index contributed by atoms with van der Waals surface area (Å²) < 4.78 is 14.9. The highest BCUT2D eigenvalue weighted by Crippen LogP contribution is 2.32. The molecule has 1 aliphatic carbocycles. The van der Waals surface area contributed by atoms with Gasteiger partial charge in [0.2, 0.25) is 0 Å². The maximum atomic E-state index is 13.4. The van der Waals surface area contributed by atoms with Crippen LogP contribution < -0.4 is 4.74 Å².